The molecule has 0 bridgehead atoms. The van der Waals surface area contributed by atoms with E-state index in [1.807, 2.05) is 0 Å². The maximum atomic E-state index is 13.5. The number of rotatable bonds is 4. The number of hydrogen-bond acceptors (Lipinski definition) is 5. The van der Waals surface area contributed by atoms with Crippen LogP contribution in [0.5, 0.6) is 0 Å². The van der Waals surface area contributed by atoms with Gasteiger partial charge < -0.3 is 15.2 Å². The molecule has 0 fully saturated rings. The summed E-state index contributed by atoms with van der Waals surface area (Å²) < 4.78 is 46.0. The van der Waals surface area contributed by atoms with Gasteiger partial charge in [-0.15, -0.1) is 11.3 Å². The van der Waals surface area contributed by atoms with Gasteiger partial charge in [0.15, 0.2) is 0 Å². The van der Waals surface area contributed by atoms with Crippen LogP contribution in [0.15, 0.2) is 24.3 Å². The summed E-state index contributed by atoms with van der Waals surface area (Å²) >= 11 is 0.775. The van der Waals surface area contributed by atoms with Gasteiger partial charge in [0.2, 0.25) is 5.60 Å². The van der Waals surface area contributed by atoms with Crippen LogP contribution in [0.1, 0.15) is 32.2 Å². The molecule has 2 aromatic rings. The first-order chi connectivity index (χ1) is 11.4. The number of ether oxygens (including phenoxy) is 1. The summed E-state index contributed by atoms with van der Waals surface area (Å²) in [5, 5.41) is 12.1. The Kier molecular flexibility index (Phi) is 5.29. The molecule has 1 atom stereocenters. The zero-order valence-electron chi connectivity index (χ0n) is 14.0. The highest BCUT2D eigenvalue weighted by atomic mass is 32.1. The van der Waals surface area contributed by atoms with Crippen LogP contribution < -0.4 is 5.32 Å². The van der Waals surface area contributed by atoms with E-state index in [-0.39, 0.29) is 0 Å². The molecule has 9 heteroatoms. The summed E-state index contributed by atoms with van der Waals surface area (Å²) in [7, 11) is 0. The van der Waals surface area contributed by atoms with E-state index in [9.17, 15) is 23.1 Å². The van der Waals surface area contributed by atoms with E-state index < -0.39 is 41.4 Å². The molecule has 0 aliphatic rings. The van der Waals surface area contributed by atoms with Crippen LogP contribution in [0, 0.1) is 0 Å². The zero-order chi connectivity index (χ0) is 18.9. The smallest absolute Gasteiger partial charge is 0.423 e. The Balaban J connectivity index is 2.17. The van der Waals surface area contributed by atoms with Crippen molar-refractivity contribution in [3.8, 4) is 0 Å². The SMILES string of the molecule is CC(C)(C)OC(=O)NCCC(O)(c1nc2ccccc2s1)C(F)(F)F. The number of halogens is 3. The molecule has 1 amide bonds. The van der Waals surface area contributed by atoms with Crippen molar-refractivity contribution in [2.75, 3.05) is 6.54 Å². The lowest BCUT2D eigenvalue weighted by Crippen LogP contribution is -2.45. The van der Waals surface area contributed by atoms with Crippen LogP contribution in [-0.4, -0.2) is 34.5 Å². The van der Waals surface area contributed by atoms with E-state index in [0.717, 1.165) is 11.3 Å². The molecule has 1 aromatic carbocycles. The van der Waals surface area contributed by atoms with Crippen LogP contribution in [0.3, 0.4) is 0 Å². The third-order valence-corrected chi connectivity index (χ3v) is 4.46. The fourth-order valence-corrected chi connectivity index (χ4v) is 3.18. The molecule has 1 aromatic heterocycles. The van der Waals surface area contributed by atoms with Crippen molar-refractivity contribution in [3.63, 3.8) is 0 Å². The highest BCUT2D eigenvalue weighted by Crippen LogP contribution is 2.44. The minimum Gasteiger partial charge on any atom is -0.444 e. The van der Waals surface area contributed by atoms with Gasteiger partial charge in [-0.25, -0.2) is 9.78 Å². The third kappa shape index (κ3) is 4.60. The molecule has 0 saturated carbocycles. The van der Waals surface area contributed by atoms with Gasteiger partial charge in [0.1, 0.15) is 10.6 Å². The Bertz CT molecular complexity index is 722. The number of para-hydroxylation sites is 1. The lowest BCUT2D eigenvalue weighted by Gasteiger charge is -2.28. The molecular formula is C16H19F3N2O3S. The van der Waals surface area contributed by atoms with E-state index in [4.69, 9.17) is 4.74 Å². The normalized spacial score (nSPS) is 15.0. The largest absolute Gasteiger partial charge is 0.444 e. The summed E-state index contributed by atoms with van der Waals surface area (Å²) in [6, 6.07) is 6.54. The van der Waals surface area contributed by atoms with Gasteiger partial charge in [0.25, 0.3) is 0 Å². The van der Waals surface area contributed by atoms with Crippen LogP contribution >= 0.6 is 11.3 Å². The van der Waals surface area contributed by atoms with Gasteiger partial charge in [0.05, 0.1) is 10.2 Å². The van der Waals surface area contributed by atoms with Crippen LogP contribution in [-0.2, 0) is 10.3 Å². The number of carbonyl (C=O) groups is 1. The number of aromatic nitrogens is 1. The van der Waals surface area contributed by atoms with Crippen molar-refractivity contribution in [2.45, 2.75) is 44.6 Å². The maximum absolute atomic E-state index is 13.5. The summed E-state index contributed by atoms with van der Waals surface area (Å²) in [6.45, 7) is 4.50. The number of fused-ring (bicyclic) bond motifs is 1. The molecule has 5 nitrogen and oxygen atoms in total. The number of hydrogen-bond donors (Lipinski definition) is 2. The van der Waals surface area contributed by atoms with E-state index in [2.05, 4.69) is 10.3 Å². The first kappa shape index (κ1) is 19.5. The van der Waals surface area contributed by atoms with Crippen LogP contribution in [0.4, 0.5) is 18.0 Å². The van der Waals surface area contributed by atoms with Crippen LogP contribution in [0.25, 0.3) is 10.2 Å². The lowest BCUT2D eigenvalue weighted by molar-refractivity contribution is -0.268. The molecule has 1 heterocycles. The number of amides is 1. The number of carbonyl (C=O) groups excluding carboxylic acids is 1. The second kappa shape index (κ2) is 6.80. The maximum Gasteiger partial charge on any atom is 0.423 e. The molecule has 2 rings (SSSR count). The minimum atomic E-state index is -4.93. The molecule has 2 N–H and O–H groups in total. The molecule has 0 aliphatic heterocycles. The number of nitrogens with one attached hydrogen (secondary N) is 1. The Morgan fingerprint density at radius 3 is 2.48 bits per heavy atom. The van der Waals surface area contributed by atoms with Crippen molar-refractivity contribution < 1.29 is 27.8 Å². The predicted octanol–water partition coefficient (Wildman–Crippen LogP) is 3.96. The van der Waals surface area contributed by atoms with Gasteiger partial charge in [0, 0.05) is 13.0 Å². The van der Waals surface area contributed by atoms with Gasteiger partial charge in [-0.05, 0) is 32.9 Å². The van der Waals surface area contributed by atoms with Crippen molar-refractivity contribution in [1.82, 2.24) is 10.3 Å². The number of alkyl halides is 3. The van der Waals surface area contributed by atoms with Gasteiger partial charge in [-0.1, -0.05) is 12.1 Å². The Morgan fingerprint density at radius 2 is 1.92 bits per heavy atom. The zero-order valence-corrected chi connectivity index (χ0v) is 14.8. The fraction of sp³-hybridized carbons (Fsp3) is 0.500. The highest BCUT2D eigenvalue weighted by Gasteiger charge is 2.56. The summed E-state index contributed by atoms with van der Waals surface area (Å²) in [6.07, 6.45) is -6.55. The van der Waals surface area contributed by atoms with Gasteiger partial charge in [-0.2, -0.15) is 13.2 Å². The number of alkyl carbamates (subject to hydrolysis) is 1. The Morgan fingerprint density at radius 1 is 1.28 bits per heavy atom. The topological polar surface area (TPSA) is 71.5 Å². The number of thiazole rings is 1. The number of nitrogens with zero attached hydrogens (tertiary/aromatic N) is 1. The average molecular weight is 376 g/mol. The van der Waals surface area contributed by atoms with E-state index in [1.165, 1.54) is 0 Å². The first-order valence-electron chi connectivity index (χ1n) is 7.54. The van der Waals surface area contributed by atoms with Crippen molar-refractivity contribution in [1.29, 1.82) is 0 Å². The summed E-state index contributed by atoms with van der Waals surface area (Å²) in [4.78, 5) is 15.5. The number of benzene rings is 1. The van der Waals surface area contributed by atoms with E-state index in [0.29, 0.717) is 10.2 Å². The lowest BCUT2D eigenvalue weighted by atomic mass is 10.00. The molecule has 0 spiro atoms. The molecule has 1 unspecified atom stereocenters. The molecule has 138 valence electrons. The summed E-state index contributed by atoms with van der Waals surface area (Å²) in [5.41, 5.74) is -3.53. The molecule has 25 heavy (non-hydrogen) atoms. The Hall–Kier alpha value is -1.87. The standard InChI is InChI=1S/C16H19F3N2O3S/c1-14(2,3)24-13(22)20-9-8-15(23,16(17,18)19)12-21-10-6-4-5-7-11(10)25-12/h4-7,23H,8-9H2,1-3H3,(H,20,22). The van der Waals surface area contributed by atoms with E-state index >= 15 is 0 Å². The quantitative estimate of drug-likeness (QED) is 0.847. The molecule has 0 aliphatic carbocycles. The Labute approximate surface area is 146 Å². The van der Waals surface area contributed by atoms with Crippen LogP contribution in [0.2, 0.25) is 0 Å². The van der Waals surface area contributed by atoms with E-state index in [1.54, 1.807) is 45.0 Å². The fourth-order valence-electron chi connectivity index (χ4n) is 2.08. The predicted molar refractivity (Wildman–Crippen MR) is 88.4 cm³/mol. The molecular weight excluding hydrogens is 357 g/mol. The van der Waals surface area contributed by atoms with Gasteiger partial charge in [-0.3, -0.25) is 0 Å². The summed E-state index contributed by atoms with van der Waals surface area (Å²) in [5.74, 6) is 0. The second-order valence-electron chi connectivity index (χ2n) is 6.52. The van der Waals surface area contributed by atoms with Crippen molar-refractivity contribution >= 4 is 27.6 Å². The molecule has 0 radical (unpaired) electrons. The molecule has 0 saturated heterocycles. The highest BCUT2D eigenvalue weighted by molar-refractivity contribution is 7.18. The van der Waals surface area contributed by atoms with Gasteiger partial charge >= 0.3 is 12.3 Å². The van der Waals surface area contributed by atoms with Crippen molar-refractivity contribution in [3.05, 3.63) is 29.3 Å². The second-order valence-corrected chi connectivity index (χ2v) is 7.55. The average Bonchev–Trinajstić information content (AvgIpc) is 2.88. The number of aliphatic hydroxyl groups is 1. The monoisotopic (exact) mass is 376 g/mol. The third-order valence-electron chi connectivity index (χ3n) is 3.27. The minimum absolute atomic E-state index is 0.380. The van der Waals surface area contributed by atoms with Crippen molar-refractivity contribution in [2.24, 2.45) is 0 Å². The first-order valence-corrected chi connectivity index (χ1v) is 8.36.